The molecule has 7 heteroatoms. The highest BCUT2D eigenvalue weighted by molar-refractivity contribution is 7.89. The van der Waals surface area contributed by atoms with Gasteiger partial charge in [-0.15, -0.1) is 0 Å². The molecule has 28 heavy (non-hydrogen) atoms. The van der Waals surface area contributed by atoms with Crippen LogP contribution in [0.4, 0.5) is 5.69 Å². The number of hydrogen-bond donors (Lipinski definition) is 1. The van der Waals surface area contributed by atoms with Gasteiger partial charge in [-0.3, -0.25) is 4.79 Å². The number of amides is 1. The highest BCUT2D eigenvalue weighted by atomic mass is 32.2. The second kappa shape index (κ2) is 8.75. The zero-order chi connectivity index (χ0) is 20.1. The third-order valence-corrected chi connectivity index (χ3v) is 6.88. The van der Waals surface area contributed by atoms with E-state index >= 15 is 0 Å². The number of sulfonamides is 1. The van der Waals surface area contributed by atoms with Crippen LogP contribution in [0, 0.1) is 0 Å². The van der Waals surface area contributed by atoms with Gasteiger partial charge in [0.1, 0.15) is 5.75 Å². The first-order valence-corrected chi connectivity index (χ1v) is 11.0. The molecule has 0 aliphatic carbocycles. The van der Waals surface area contributed by atoms with Crippen LogP contribution in [0.2, 0.25) is 0 Å². The van der Waals surface area contributed by atoms with Gasteiger partial charge in [-0.1, -0.05) is 25.5 Å². The Morgan fingerprint density at radius 2 is 1.75 bits per heavy atom. The summed E-state index contributed by atoms with van der Waals surface area (Å²) in [4.78, 5) is 12.9. The van der Waals surface area contributed by atoms with Gasteiger partial charge in [-0.05, 0) is 55.2 Å². The van der Waals surface area contributed by atoms with E-state index in [4.69, 9.17) is 4.74 Å². The third kappa shape index (κ3) is 4.36. The van der Waals surface area contributed by atoms with Crippen LogP contribution in [0.25, 0.3) is 0 Å². The van der Waals surface area contributed by atoms with Crippen LogP contribution in [0.3, 0.4) is 0 Å². The molecule has 1 saturated heterocycles. The number of anilines is 1. The van der Waals surface area contributed by atoms with Crippen LogP contribution in [-0.2, 0) is 16.4 Å². The molecule has 0 atom stereocenters. The van der Waals surface area contributed by atoms with Gasteiger partial charge in [-0.25, -0.2) is 8.42 Å². The van der Waals surface area contributed by atoms with Gasteiger partial charge in [0.05, 0.1) is 17.6 Å². The molecule has 0 bridgehead atoms. The zero-order valence-corrected chi connectivity index (χ0v) is 17.1. The Hall–Kier alpha value is -2.38. The van der Waals surface area contributed by atoms with Crippen molar-refractivity contribution in [2.75, 3.05) is 25.5 Å². The van der Waals surface area contributed by atoms with E-state index in [2.05, 4.69) is 12.2 Å². The maximum Gasteiger partial charge on any atom is 0.259 e. The Morgan fingerprint density at radius 3 is 2.36 bits per heavy atom. The Bertz CT molecular complexity index is 933. The summed E-state index contributed by atoms with van der Waals surface area (Å²) < 4.78 is 32.7. The highest BCUT2D eigenvalue weighted by Crippen LogP contribution is 2.27. The van der Waals surface area contributed by atoms with E-state index in [1.807, 2.05) is 24.3 Å². The molecule has 1 aliphatic rings. The molecule has 6 nitrogen and oxygen atoms in total. The molecule has 2 aromatic carbocycles. The molecule has 0 spiro atoms. The molecule has 1 amide bonds. The minimum Gasteiger partial charge on any atom is -0.496 e. The van der Waals surface area contributed by atoms with Crippen molar-refractivity contribution in [1.29, 1.82) is 0 Å². The maximum absolute atomic E-state index is 12.9. The lowest BCUT2D eigenvalue weighted by Gasteiger charge is -2.26. The van der Waals surface area contributed by atoms with E-state index in [0.29, 0.717) is 24.5 Å². The monoisotopic (exact) mass is 402 g/mol. The second-order valence-corrected chi connectivity index (χ2v) is 8.77. The number of rotatable bonds is 6. The number of aryl methyl sites for hydroxylation is 1. The van der Waals surface area contributed by atoms with Gasteiger partial charge >= 0.3 is 0 Å². The molecule has 0 saturated carbocycles. The molecule has 1 fully saturated rings. The Kier molecular flexibility index (Phi) is 6.36. The van der Waals surface area contributed by atoms with Crippen molar-refractivity contribution >= 4 is 21.6 Å². The van der Waals surface area contributed by atoms with E-state index < -0.39 is 15.9 Å². The summed E-state index contributed by atoms with van der Waals surface area (Å²) in [6.07, 6.45) is 3.67. The molecule has 1 heterocycles. The number of nitrogens with zero attached hydrogens (tertiary/aromatic N) is 1. The average Bonchev–Trinajstić information content (AvgIpc) is 2.74. The Morgan fingerprint density at radius 1 is 1.07 bits per heavy atom. The smallest absolute Gasteiger partial charge is 0.259 e. The highest BCUT2D eigenvalue weighted by Gasteiger charge is 2.27. The number of piperidine rings is 1. The van der Waals surface area contributed by atoms with Crippen molar-refractivity contribution < 1.29 is 17.9 Å². The fourth-order valence-electron chi connectivity index (χ4n) is 3.30. The van der Waals surface area contributed by atoms with Crippen molar-refractivity contribution in [2.24, 2.45) is 0 Å². The van der Waals surface area contributed by atoms with Crippen molar-refractivity contribution in [3.63, 3.8) is 0 Å². The number of ether oxygens (including phenoxy) is 1. The number of carbonyl (C=O) groups is 1. The summed E-state index contributed by atoms with van der Waals surface area (Å²) in [6.45, 7) is 3.09. The summed E-state index contributed by atoms with van der Waals surface area (Å²) in [5, 5.41) is 2.82. The second-order valence-electron chi connectivity index (χ2n) is 6.83. The minimum atomic E-state index is -3.63. The van der Waals surface area contributed by atoms with E-state index in [1.165, 1.54) is 35.2 Å². The quantitative estimate of drug-likeness (QED) is 0.800. The first-order valence-electron chi connectivity index (χ1n) is 9.54. The van der Waals surface area contributed by atoms with E-state index in [-0.39, 0.29) is 10.5 Å². The van der Waals surface area contributed by atoms with Crippen molar-refractivity contribution in [1.82, 2.24) is 4.31 Å². The average molecular weight is 403 g/mol. The van der Waals surface area contributed by atoms with Gasteiger partial charge in [0.25, 0.3) is 5.91 Å². The maximum atomic E-state index is 12.9. The van der Waals surface area contributed by atoms with Crippen LogP contribution in [0.1, 0.15) is 42.1 Å². The molecule has 0 unspecified atom stereocenters. The van der Waals surface area contributed by atoms with Crippen LogP contribution >= 0.6 is 0 Å². The number of methoxy groups -OCH3 is 1. The molecule has 3 rings (SSSR count). The third-order valence-electron chi connectivity index (χ3n) is 4.99. The van der Waals surface area contributed by atoms with E-state index in [1.54, 1.807) is 0 Å². The Labute approximate surface area is 166 Å². The fourth-order valence-corrected chi connectivity index (χ4v) is 4.85. The first kappa shape index (κ1) is 20.4. The van der Waals surface area contributed by atoms with Crippen LogP contribution < -0.4 is 10.1 Å². The number of hydrogen-bond acceptors (Lipinski definition) is 4. The largest absolute Gasteiger partial charge is 0.496 e. The molecule has 0 radical (unpaired) electrons. The van der Waals surface area contributed by atoms with Crippen molar-refractivity contribution in [3.8, 4) is 5.75 Å². The predicted octanol–water partition coefficient (Wildman–Crippen LogP) is 3.68. The van der Waals surface area contributed by atoms with Crippen LogP contribution in [-0.4, -0.2) is 38.8 Å². The normalized spacial score (nSPS) is 15.2. The van der Waals surface area contributed by atoms with Crippen LogP contribution in [0.5, 0.6) is 5.75 Å². The lowest BCUT2D eigenvalue weighted by atomic mass is 10.1. The molecule has 2 aromatic rings. The molecule has 0 aromatic heterocycles. The van der Waals surface area contributed by atoms with Crippen molar-refractivity contribution in [3.05, 3.63) is 53.6 Å². The van der Waals surface area contributed by atoms with Crippen LogP contribution in [0.15, 0.2) is 47.4 Å². The number of nitrogens with one attached hydrogen (secondary N) is 1. The zero-order valence-electron chi connectivity index (χ0n) is 16.3. The number of carbonyl (C=O) groups excluding carboxylic acids is 1. The lowest BCUT2D eigenvalue weighted by molar-refractivity contribution is 0.102. The topological polar surface area (TPSA) is 75.7 Å². The molecular formula is C21H26N2O4S. The van der Waals surface area contributed by atoms with E-state index in [0.717, 1.165) is 25.7 Å². The Balaban J connectivity index is 1.88. The summed E-state index contributed by atoms with van der Waals surface area (Å²) in [5.74, 6) is -0.0722. The molecular weight excluding hydrogens is 376 g/mol. The van der Waals surface area contributed by atoms with Gasteiger partial charge in [0.2, 0.25) is 10.0 Å². The summed E-state index contributed by atoms with van der Waals surface area (Å²) in [5.41, 5.74) is 2.01. The molecule has 150 valence electrons. The van der Waals surface area contributed by atoms with Gasteiger partial charge < -0.3 is 10.1 Å². The van der Waals surface area contributed by atoms with Gasteiger partial charge in [0.15, 0.2) is 0 Å². The predicted molar refractivity (Wildman–Crippen MR) is 109 cm³/mol. The van der Waals surface area contributed by atoms with E-state index in [9.17, 15) is 13.2 Å². The summed E-state index contributed by atoms with van der Waals surface area (Å²) in [7, 11) is -2.17. The fraction of sp³-hybridized carbons (Fsp3) is 0.381. The lowest BCUT2D eigenvalue weighted by Crippen LogP contribution is -2.35. The number of benzene rings is 2. The molecule has 1 aliphatic heterocycles. The van der Waals surface area contributed by atoms with Crippen molar-refractivity contribution in [2.45, 2.75) is 37.5 Å². The first-order chi connectivity index (χ1) is 13.5. The standard InChI is InChI=1S/C21H26N2O4S/c1-3-16-7-9-17(10-8-16)22-21(24)19-15-18(11-12-20(19)27-2)28(25,26)23-13-5-4-6-14-23/h7-12,15H,3-6,13-14H2,1-2H3,(H,22,24). The summed E-state index contributed by atoms with van der Waals surface area (Å²) >= 11 is 0. The van der Waals surface area contributed by atoms with Gasteiger partial charge in [0, 0.05) is 18.8 Å². The molecule has 1 N–H and O–H groups in total. The minimum absolute atomic E-state index is 0.113. The summed E-state index contributed by atoms with van der Waals surface area (Å²) in [6, 6.07) is 12.0. The van der Waals surface area contributed by atoms with Gasteiger partial charge in [-0.2, -0.15) is 4.31 Å². The SMILES string of the molecule is CCc1ccc(NC(=O)c2cc(S(=O)(=O)N3CCCCC3)ccc2OC)cc1.